The van der Waals surface area contributed by atoms with E-state index in [1.165, 1.54) is 16.6 Å². The molecule has 0 bridgehead atoms. The van der Waals surface area contributed by atoms with Crippen LogP contribution in [0.4, 0.5) is 5.82 Å². The summed E-state index contributed by atoms with van der Waals surface area (Å²) in [7, 11) is -1.85. The van der Waals surface area contributed by atoms with E-state index in [1.807, 2.05) is 20.8 Å². The average molecular weight is 257 g/mol. The topological polar surface area (TPSA) is 62.3 Å². The van der Waals surface area contributed by atoms with E-state index in [-0.39, 0.29) is 10.9 Å². The van der Waals surface area contributed by atoms with Gasteiger partial charge in [0.15, 0.2) is 0 Å². The summed E-state index contributed by atoms with van der Waals surface area (Å²) in [6.07, 6.45) is 1.50. The first-order chi connectivity index (χ1) is 7.89. The molecule has 0 unspecified atom stereocenters. The van der Waals surface area contributed by atoms with E-state index in [0.29, 0.717) is 12.4 Å². The van der Waals surface area contributed by atoms with E-state index in [1.54, 1.807) is 13.1 Å². The van der Waals surface area contributed by atoms with Crippen molar-refractivity contribution in [3.8, 4) is 0 Å². The highest BCUT2D eigenvalue weighted by Crippen LogP contribution is 2.18. The SMILES string of the molecule is CCNc1cc(S(=O)(=O)N(C)C(C)C)ccn1. The van der Waals surface area contributed by atoms with Crippen LogP contribution in [0.1, 0.15) is 20.8 Å². The van der Waals surface area contributed by atoms with Gasteiger partial charge in [-0.2, -0.15) is 4.31 Å². The number of hydrogen-bond donors (Lipinski definition) is 1. The molecule has 1 heterocycles. The zero-order valence-electron chi connectivity index (χ0n) is 10.6. The molecule has 1 rings (SSSR count). The molecule has 0 aliphatic heterocycles. The van der Waals surface area contributed by atoms with Gasteiger partial charge in [0.25, 0.3) is 0 Å². The second-order valence-corrected chi connectivity index (χ2v) is 6.02. The second kappa shape index (κ2) is 5.46. The highest BCUT2D eigenvalue weighted by Gasteiger charge is 2.23. The third kappa shape index (κ3) is 3.17. The van der Waals surface area contributed by atoms with Crippen LogP contribution >= 0.6 is 0 Å². The Hall–Kier alpha value is -1.14. The average Bonchev–Trinajstić information content (AvgIpc) is 2.28. The third-order valence-electron chi connectivity index (χ3n) is 2.49. The summed E-state index contributed by atoms with van der Waals surface area (Å²) in [6, 6.07) is 2.99. The Bertz CT molecular complexity index is 471. The quantitative estimate of drug-likeness (QED) is 0.869. The molecule has 0 radical (unpaired) electrons. The molecule has 0 aromatic carbocycles. The van der Waals surface area contributed by atoms with Crippen LogP contribution in [0.5, 0.6) is 0 Å². The van der Waals surface area contributed by atoms with Gasteiger partial charge in [0.05, 0.1) is 4.90 Å². The molecule has 0 amide bonds. The number of sulfonamides is 1. The van der Waals surface area contributed by atoms with Crippen LogP contribution in [0, 0.1) is 0 Å². The van der Waals surface area contributed by atoms with Crippen molar-refractivity contribution in [2.75, 3.05) is 18.9 Å². The predicted molar refractivity (Wildman–Crippen MR) is 68.5 cm³/mol. The lowest BCUT2D eigenvalue weighted by atomic mass is 10.4. The van der Waals surface area contributed by atoms with E-state index < -0.39 is 10.0 Å². The molecule has 0 saturated heterocycles. The van der Waals surface area contributed by atoms with E-state index >= 15 is 0 Å². The van der Waals surface area contributed by atoms with Crippen LogP contribution in [-0.2, 0) is 10.0 Å². The van der Waals surface area contributed by atoms with Crippen LogP contribution < -0.4 is 5.32 Å². The van der Waals surface area contributed by atoms with Gasteiger partial charge in [0, 0.05) is 31.9 Å². The number of rotatable bonds is 5. The fourth-order valence-corrected chi connectivity index (χ4v) is 2.67. The number of aromatic nitrogens is 1. The summed E-state index contributed by atoms with van der Waals surface area (Å²) < 4.78 is 25.7. The normalized spacial score (nSPS) is 12.1. The minimum absolute atomic E-state index is 0.0734. The van der Waals surface area contributed by atoms with Crippen molar-refractivity contribution in [1.82, 2.24) is 9.29 Å². The van der Waals surface area contributed by atoms with Crippen molar-refractivity contribution in [2.24, 2.45) is 0 Å². The van der Waals surface area contributed by atoms with E-state index in [9.17, 15) is 8.42 Å². The first-order valence-electron chi connectivity index (χ1n) is 5.57. The molecule has 0 spiro atoms. The Morgan fingerprint density at radius 1 is 1.47 bits per heavy atom. The summed E-state index contributed by atoms with van der Waals surface area (Å²) in [5, 5.41) is 2.99. The van der Waals surface area contributed by atoms with Crippen LogP contribution in [0.3, 0.4) is 0 Å². The molecule has 96 valence electrons. The largest absolute Gasteiger partial charge is 0.370 e. The predicted octanol–water partition coefficient (Wildman–Crippen LogP) is 1.54. The lowest BCUT2D eigenvalue weighted by Gasteiger charge is -2.21. The molecule has 1 N–H and O–H groups in total. The minimum Gasteiger partial charge on any atom is -0.370 e. The van der Waals surface area contributed by atoms with Crippen LogP contribution in [0.25, 0.3) is 0 Å². The highest BCUT2D eigenvalue weighted by atomic mass is 32.2. The second-order valence-electron chi connectivity index (χ2n) is 4.02. The van der Waals surface area contributed by atoms with Gasteiger partial charge in [0.1, 0.15) is 5.82 Å². The number of anilines is 1. The third-order valence-corrected chi connectivity index (χ3v) is 4.52. The van der Waals surface area contributed by atoms with E-state index in [2.05, 4.69) is 10.3 Å². The van der Waals surface area contributed by atoms with Gasteiger partial charge in [-0.1, -0.05) is 0 Å². The Kier molecular flexibility index (Phi) is 4.47. The molecule has 0 saturated carbocycles. The van der Waals surface area contributed by atoms with Gasteiger partial charge < -0.3 is 5.32 Å². The van der Waals surface area contributed by atoms with Gasteiger partial charge in [-0.3, -0.25) is 0 Å². The molecule has 0 fully saturated rings. The maximum Gasteiger partial charge on any atom is 0.243 e. The first kappa shape index (κ1) is 13.9. The zero-order chi connectivity index (χ0) is 13.1. The maximum absolute atomic E-state index is 12.2. The molecular weight excluding hydrogens is 238 g/mol. The van der Waals surface area contributed by atoms with Crippen LogP contribution in [0.15, 0.2) is 23.2 Å². The van der Waals surface area contributed by atoms with Gasteiger partial charge in [-0.25, -0.2) is 13.4 Å². The highest BCUT2D eigenvalue weighted by molar-refractivity contribution is 7.89. The summed E-state index contributed by atoms with van der Waals surface area (Å²) in [5.74, 6) is 0.575. The number of nitrogens with zero attached hydrogens (tertiary/aromatic N) is 2. The number of hydrogen-bond acceptors (Lipinski definition) is 4. The van der Waals surface area contributed by atoms with E-state index in [0.717, 1.165) is 0 Å². The fourth-order valence-electron chi connectivity index (χ4n) is 1.29. The van der Waals surface area contributed by atoms with Gasteiger partial charge in [-0.15, -0.1) is 0 Å². The first-order valence-corrected chi connectivity index (χ1v) is 7.01. The fraction of sp³-hybridized carbons (Fsp3) is 0.545. The molecule has 0 aliphatic carbocycles. The maximum atomic E-state index is 12.2. The van der Waals surface area contributed by atoms with Gasteiger partial charge >= 0.3 is 0 Å². The van der Waals surface area contributed by atoms with Crippen molar-refractivity contribution in [1.29, 1.82) is 0 Å². The van der Waals surface area contributed by atoms with Crippen LogP contribution in [0.2, 0.25) is 0 Å². The number of pyridine rings is 1. The summed E-state index contributed by atoms with van der Waals surface area (Å²) in [5.41, 5.74) is 0. The van der Waals surface area contributed by atoms with Gasteiger partial charge in [0.2, 0.25) is 10.0 Å². The summed E-state index contributed by atoms with van der Waals surface area (Å²) in [6.45, 7) is 6.31. The molecule has 6 heteroatoms. The Balaban J connectivity index is 3.11. The molecule has 17 heavy (non-hydrogen) atoms. The minimum atomic E-state index is -3.43. The Morgan fingerprint density at radius 2 is 2.12 bits per heavy atom. The standard InChI is InChI=1S/C11H19N3O2S/c1-5-12-11-8-10(6-7-13-11)17(15,16)14(4)9(2)3/h6-9H,5H2,1-4H3,(H,12,13). The molecule has 5 nitrogen and oxygen atoms in total. The molecule has 1 aromatic heterocycles. The lowest BCUT2D eigenvalue weighted by molar-refractivity contribution is 0.410. The Labute approximate surface area is 103 Å². The van der Waals surface area contributed by atoms with Crippen molar-refractivity contribution in [3.05, 3.63) is 18.3 Å². The lowest BCUT2D eigenvalue weighted by Crippen LogP contribution is -2.33. The van der Waals surface area contributed by atoms with Crippen molar-refractivity contribution in [2.45, 2.75) is 31.7 Å². The molecular formula is C11H19N3O2S. The van der Waals surface area contributed by atoms with Crippen molar-refractivity contribution in [3.63, 3.8) is 0 Å². The van der Waals surface area contributed by atoms with Crippen molar-refractivity contribution >= 4 is 15.8 Å². The van der Waals surface area contributed by atoms with Crippen LogP contribution in [-0.4, -0.2) is 37.3 Å². The number of nitrogens with one attached hydrogen (secondary N) is 1. The van der Waals surface area contributed by atoms with Crippen molar-refractivity contribution < 1.29 is 8.42 Å². The molecule has 1 aromatic rings. The molecule has 0 atom stereocenters. The molecule has 0 aliphatic rings. The zero-order valence-corrected chi connectivity index (χ0v) is 11.5. The smallest absolute Gasteiger partial charge is 0.243 e. The van der Waals surface area contributed by atoms with E-state index in [4.69, 9.17) is 0 Å². The summed E-state index contributed by atoms with van der Waals surface area (Å²) in [4.78, 5) is 4.32. The summed E-state index contributed by atoms with van der Waals surface area (Å²) >= 11 is 0. The Morgan fingerprint density at radius 3 is 2.65 bits per heavy atom. The van der Waals surface area contributed by atoms with Gasteiger partial charge in [-0.05, 0) is 26.8 Å². The monoisotopic (exact) mass is 257 g/mol.